The third-order valence-corrected chi connectivity index (χ3v) is 20.4. The van der Waals surface area contributed by atoms with Gasteiger partial charge in [0.05, 0.1) is 43.1 Å². The van der Waals surface area contributed by atoms with Crippen molar-refractivity contribution in [3.05, 3.63) is 71.8 Å². The molecular formula is C76H115N9O14. The lowest BCUT2D eigenvalue weighted by atomic mass is 9.84. The minimum Gasteiger partial charge on any atom is -0.393 e. The summed E-state index contributed by atoms with van der Waals surface area (Å²) in [5.41, 5.74) is 1.31. The van der Waals surface area contributed by atoms with Crippen LogP contribution in [0.3, 0.4) is 0 Å². The standard InChI is InChI=1S/C76H115N9O14/c1-16-48(8)67-76(99)83(14)63(39-53-29-22-18-23-30-53)71(94)77-44-56(87)42-59(51(11)86)70(93)79-60(38-52-27-20-17-21-28-52)74(97)82(13)62(37-47(6)7)68(91)57-31-26-32-58(57)69(92)80-61(75(98)85-33-24-19-25-34-85)43-66(90)78-49(9)64(88)40-54(35-45(2)3)72(95)81(12)50(10)65(89)41-55(36-46(4)5)73(96)84(67)15/h17-18,20-23,27-30,45-51,54-55,57-63,67,86H,16,19,24-26,31-44H2,1-15H3,(H,77,94)(H,78,90)(H,79,93)(H,80,92)/t48-,49+,50-,51+,54+,55+,57?,58+,59-,60-,61-,62-,63-,67-/m0/s1. The number of ketones is 4. The third kappa shape index (κ3) is 23.4. The maximum atomic E-state index is 15.2. The van der Waals surface area contributed by atoms with E-state index in [9.17, 15) is 48.3 Å². The van der Waals surface area contributed by atoms with Gasteiger partial charge in [-0.25, -0.2) is 0 Å². The van der Waals surface area contributed by atoms with Crippen molar-refractivity contribution in [3.63, 3.8) is 0 Å². The van der Waals surface area contributed by atoms with Crippen LogP contribution in [0.2, 0.25) is 0 Å². The van der Waals surface area contributed by atoms with E-state index in [1.54, 1.807) is 79.4 Å². The highest BCUT2D eigenvalue weighted by Crippen LogP contribution is 2.36. The lowest BCUT2D eigenvalue weighted by molar-refractivity contribution is -0.152. The number of nitrogens with zero attached hydrogens (tertiary/aromatic N) is 5. The number of fused-ring (bicyclic) bond motifs is 1. The van der Waals surface area contributed by atoms with E-state index in [0.717, 1.165) is 6.42 Å². The molecule has 0 bridgehead atoms. The first-order valence-corrected chi connectivity index (χ1v) is 36.1. The Bertz CT molecular complexity index is 3120. The number of likely N-dealkylation sites (tertiary alicyclic amines) is 1. The number of amides is 9. The maximum Gasteiger partial charge on any atom is 0.246 e. The lowest BCUT2D eigenvalue weighted by Gasteiger charge is -2.38. The van der Waals surface area contributed by atoms with Crippen LogP contribution < -0.4 is 21.3 Å². The molecule has 14 atom stereocenters. The summed E-state index contributed by atoms with van der Waals surface area (Å²) in [7, 11) is 5.87. The minimum absolute atomic E-state index is 0.0178. The van der Waals surface area contributed by atoms with E-state index < -0.39 is 180 Å². The van der Waals surface area contributed by atoms with Gasteiger partial charge < -0.3 is 50.9 Å². The molecule has 1 unspecified atom stereocenters. The first-order chi connectivity index (χ1) is 46.7. The number of likely N-dealkylation sites (N-methyl/N-ethyl adjacent to an activating group) is 4. The highest BCUT2D eigenvalue weighted by atomic mass is 16.3. The van der Waals surface area contributed by atoms with Gasteiger partial charge in [0.2, 0.25) is 53.2 Å². The summed E-state index contributed by atoms with van der Waals surface area (Å²) in [6.45, 7) is 19.5. The van der Waals surface area contributed by atoms with Crippen LogP contribution in [0, 0.1) is 53.3 Å². The van der Waals surface area contributed by atoms with Gasteiger partial charge in [-0.05, 0) is 107 Å². The predicted octanol–water partition coefficient (Wildman–Crippen LogP) is 6.08. The largest absolute Gasteiger partial charge is 0.393 e. The zero-order chi connectivity index (χ0) is 73.7. The van der Waals surface area contributed by atoms with Gasteiger partial charge in [0.1, 0.15) is 24.2 Å². The Morgan fingerprint density at radius 2 is 1.06 bits per heavy atom. The van der Waals surface area contributed by atoms with Gasteiger partial charge in [0.15, 0.2) is 23.1 Å². The number of aliphatic hydroxyl groups excluding tert-OH is 1. The molecule has 1 aliphatic carbocycles. The summed E-state index contributed by atoms with van der Waals surface area (Å²) in [5, 5.41) is 22.3. The predicted molar refractivity (Wildman–Crippen MR) is 376 cm³/mol. The number of carbonyl (C=O) groups is 13. The first-order valence-electron chi connectivity index (χ1n) is 36.1. The van der Waals surface area contributed by atoms with Crippen molar-refractivity contribution in [3.8, 4) is 0 Å². The third-order valence-electron chi connectivity index (χ3n) is 20.4. The molecule has 1 saturated carbocycles. The Labute approximate surface area is 587 Å². The Hall–Kier alpha value is -7.69. The number of hydrogen-bond acceptors (Lipinski definition) is 14. The van der Waals surface area contributed by atoms with Crippen LogP contribution in [-0.4, -0.2) is 202 Å². The smallest absolute Gasteiger partial charge is 0.246 e. The van der Waals surface area contributed by atoms with Crippen molar-refractivity contribution in [2.24, 2.45) is 53.3 Å². The monoisotopic (exact) mass is 1380 g/mol. The number of piperidine rings is 1. The summed E-state index contributed by atoms with van der Waals surface area (Å²) in [6, 6.07) is 9.22. The van der Waals surface area contributed by atoms with Crippen LogP contribution in [0.25, 0.3) is 0 Å². The van der Waals surface area contributed by atoms with Crippen molar-refractivity contribution in [1.29, 1.82) is 0 Å². The molecule has 0 radical (unpaired) electrons. The molecule has 9 amide bonds. The molecular weight excluding hydrogens is 1260 g/mol. The lowest BCUT2D eigenvalue weighted by Crippen LogP contribution is -2.58. The van der Waals surface area contributed by atoms with Gasteiger partial charge >= 0.3 is 0 Å². The highest BCUT2D eigenvalue weighted by Gasteiger charge is 2.46. The average Bonchev–Trinajstić information content (AvgIpc) is 1.80. The fourth-order valence-corrected chi connectivity index (χ4v) is 14.2. The normalized spacial score (nSPS) is 27.8. The van der Waals surface area contributed by atoms with E-state index in [1.165, 1.54) is 61.6 Å². The van der Waals surface area contributed by atoms with Crippen molar-refractivity contribution < 1.29 is 67.4 Å². The highest BCUT2D eigenvalue weighted by molar-refractivity contribution is 6.01. The summed E-state index contributed by atoms with van der Waals surface area (Å²) in [4.78, 5) is 198. The van der Waals surface area contributed by atoms with E-state index >= 15 is 19.2 Å². The number of aliphatic hydroxyl groups is 1. The second kappa shape index (κ2) is 38.8. The topological polar surface area (TPSA) is 306 Å². The van der Waals surface area contributed by atoms with Gasteiger partial charge in [-0.15, -0.1) is 0 Å². The molecule has 3 aliphatic rings. The molecule has 548 valence electrons. The van der Waals surface area contributed by atoms with Crippen LogP contribution in [-0.2, 0) is 75.2 Å². The zero-order valence-corrected chi connectivity index (χ0v) is 61.5. The quantitative estimate of drug-likeness (QED) is 0.143. The molecule has 2 aromatic carbocycles. The van der Waals surface area contributed by atoms with E-state index in [2.05, 4.69) is 21.3 Å². The number of hydrogen-bond donors (Lipinski definition) is 5. The van der Waals surface area contributed by atoms with E-state index in [1.807, 2.05) is 48.5 Å². The Kier molecular flexibility index (Phi) is 32.1. The minimum atomic E-state index is -1.45. The van der Waals surface area contributed by atoms with Crippen LogP contribution >= 0.6 is 0 Å². The Morgan fingerprint density at radius 3 is 1.61 bits per heavy atom. The fraction of sp³-hybridized carbons (Fsp3) is 0.671. The molecule has 5 N–H and O–H groups in total. The number of Topliss-reactive ketones (excluding diaryl/α,β-unsaturated/α-hetero) is 4. The molecule has 0 spiro atoms. The summed E-state index contributed by atoms with van der Waals surface area (Å²) < 4.78 is 0. The van der Waals surface area contributed by atoms with E-state index in [0.29, 0.717) is 49.9 Å². The van der Waals surface area contributed by atoms with Crippen LogP contribution in [0.15, 0.2) is 60.7 Å². The van der Waals surface area contributed by atoms with Crippen molar-refractivity contribution in [1.82, 2.24) is 45.8 Å². The van der Waals surface area contributed by atoms with Crippen molar-refractivity contribution in [2.45, 2.75) is 227 Å². The second-order valence-corrected chi connectivity index (χ2v) is 29.7. The van der Waals surface area contributed by atoms with Crippen LogP contribution in [0.4, 0.5) is 0 Å². The van der Waals surface area contributed by atoms with E-state index in [4.69, 9.17) is 0 Å². The molecule has 5 rings (SSSR count). The number of benzene rings is 2. The molecule has 23 heteroatoms. The van der Waals surface area contributed by atoms with Crippen molar-refractivity contribution >= 4 is 76.3 Å². The summed E-state index contributed by atoms with van der Waals surface area (Å²) in [5.74, 6) is -13.8. The maximum absolute atomic E-state index is 15.2. The average molecular weight is 1380 g/mol. The first kappa shape index (κ1) is 82.0. The van der Waals surface area contributed by atoms with E-state index in [-0.39, 0.29) is 75.5 Å². The van der Waals surface area contributed by atoms with Crippen LogP contribution in [0.1, 0.15) is 177 Å². The number of carbonyl (C=O) groups excluding carboxylic acids is 13. The molecule has 2 aromatic rings. The fourth-order valence-electron chi connectivity index (χ4n) is 14.2. The van der Waals surface area contributed by atoms with Crippen molar-refractivity contribution in [2.75, 3.05) is 47.8 Å². The van der Waals surface area contributed by atoms with Gasteiger partial charge in [0.25, 0.3) is 0 Å². The molecule has 2 heterocycles. The number of nitrogens with one attached hydrogen (secondary N) is 4. The van der Waals surface area contributed by atoms with Gasteiger partial charge in [-0.1, -0.05) is 129 Å². The Morgan fingerprint density at radius 1 is 0.535 bits per heavy atom. The SMILES string of the molecule is CC[C@H](C)[C@H]1C(=O)N(C)[C@@H](Cc2ccccc2)C(=O)NCC(=O)C[C@@H]([C@@H](C)O)C(=O)N[C@@H](Cc2ccccc2)C(=O)N(C)[C@@H](CC(C)C)C(=O)C2CCC[C@H]2C(=O)N[C@H](C(=O)N2CCCCC2)CC(=O)N[C@H](C)C(=O)C[C@@H](CC(C)C)C(=O)N(C)[C@@H](C)C(=O)C[C@@H](CC(C)C)C(=O)N1C. The number of rotatable bonds is 14. The van der Waals surface area contributed by atoms with Gasteiger partial charge in [-0.3, -0.25) is 62.3 Å². The molecule has 0 aromatic heterocycles. The molecule has 2 saturated heterocycles. The van der Waals surface area contributed by atoms with Gasteiger partial charge in [-0.2, -0.15) is 0 Å². The molecule has 23 nitrogen and oxygen atoms in total. The van der Waals surface area contributed by atoms with Crippen LogP contribution in [0.5, 0.6) is 0 Å². The summed E-state index contributed by atoms with van der Waals surface area (Å²) in [6.07, 6.45) is 1.02. The van der Waals surface area contributed by atoms with Gasteiger partial charge in [0, 0.05) is 97.1 Å². The molecule has 99 heavy (non-hydrogen) atoms. The second-order valence-electron chi connectivity index (χ2n) is 29.7. The molecule has 3 fully saturated rings. The zero-order valence-electron chi connectivity index (χ0n) is 61.5. The summed E-state index contributed by atoms with van der Waals surface area (Å²) >= 11 is 0. The Balaban J connectivity index is 1.59. The molecule has 2 aliphatic heterocycles.